The lowest BCUT2D eigenvalue weighted by Gasteiger charge is -2.38. The van der Waals surface area contributed by atoms with Gasteiger partial charge in [-0.3, -0.25) is 10.1 Å². The molecule has 0 fully saturated rings. The Morgan fingerprint density at radius 3 is 2.66 bits per heavy atom. The van der Waals surface area contributed by atoms with Gasteiger partial charge in [-0.25, -0.2) is 5.01 Å². The fourth-order valence-electron chi connectivity index (χ4n) is 4.08. The van der Waals surface area contributed by atoms with Crippen LogP contribution >= 0.6 is 23.2 Å². The van der Waals surface area contributed by atoms with Crippen molar-refractivity contribution in [1.29, 1.82) is 0 Å². The first-order valence-corrected chi connectivity index (χ1v) is 10.6. The lowest BCUT2D eigenvalue weighted by atomic mass is 9.95. The van der Waals surface area contributed by atoms with Crippen LogP contribution in [0.4, 0.5) is 5.69 Å². The zero-order chi connectivity index (χ0) is 22.4. The van der Waals surface area contributed by atoms with Gasteiger partial charge < -0.3 is 9.47 Å². The molecule has 2 aliphatic heterocycles. The fraction of sp³-hybridized carbons (Fsp3) is 0.174. The van der Waals surface area contributed by atoms with Crippen molar-refractivity contribution >= 4 is 34.6 Å². The summed E-state index contributed by atoms with van der Waals surface area (Å²) in [5.74, 6) is 1.27. The van der Waals surface area contributed by atoms with Gasteiger partial charge in [-0.1, -0.05) is 35.3 Å². The van der Waals surface area contributed by atoms with Crippen molar-refractivity contribution in [2.75, 3.05) is 7.11 Å². The molecule has 3 aromatic carbocycles. The van der Waals surface area contributed by atoms with E-state index in [1.807, 2.05) is 35.3 Å². The molecule has 3 aromatic rings. The van der Waals surface area contributed by atoms with Crippen LogP contribution in [-0.4, -0.2) is 22.8 Å². The van der Waals surface area contributed by atoms with Gasteiger partial charge in [0, 0.05) is 34.7 Å². The van der Waals surface area contributed by atoms with Crippen molar-refractivity contribution < 1.29 is 14.4 Å². The molecule has 0 bridgehead atoms. The van der Waals surface area contributed by atoms with Crippen molar-refractivity contribution in [2.24, 2.45) is 5.10 Å². The molecule has 0 amide bonds. The minimum absolute atomic E-state index is 0.0193. The number of hydrogen-bond acceptors (Lipinski definition) is 6. The van der Waals surface area contributed by atoms with E-state index in [-0.39, 0.29) is 11.7 Å². The third kappa shape index (κ3) is 3.53. The van der Waals surface area contributed by atoms with Gasteiger partial charge in [0.1, 0.15) is 11.5 Å². The maximum absolute atomic E-state index is 11.3. The minimum atomic E-state index is -0.679. The molecule has 0 spiro atoms. The average molecular weight is 470 g/mol. The normalized spacial score (nSPS) is 19.0. The fourth-order valence-corrected chi connectivity index (χ4v) is 4.64. The van der Waals surface area contributed by atoms with E-state index in [0.717, 1.165) is 22.6 Å². The van der Waals surface area contributed by atoms with Gasteiger partial charge in [0.05, 0.1) is 28.8 Å². The topological polar surface area (TPSA) is 77.2 Å². The first-order chi connectivity index (χ1) is 15.4. The number of fused-ring (bicyclic) bond motifs is 3. The van der Waals surface area contributed by atoms with Gasteiger partial charge in [0.2, 0.25) is 6.23 Å². The third-order valence-corrected chi connectivity index (χ3v) is 6.10. The predicted octanol–water partition coefficient (Wildman–Crippen LogP) is 6.15. The summed E-state index contributed by atoms with van der Waals surface area (Å²) in [4.78, 5) is 10.9. The van der Waals surface area contributed by atoms with Crippen LogP contribution in [0.5, 0.6) is 11.5 Å². The minimum Gasteiger partial charge on any atom is -0.497 e. The molecule has 9 heteroatoms. The molecule has 7 nitrogen and oxygen atoms in total. The van der Waals surface area contributed by atoms with Crippen LogP contribution in [0, 0.1) is 10.1 Å². The molecule has 2 aliphatic rings. The summed E-state index contributed by atoms with van der Waals surface area (Å²) in [6, 6.07) is 17.3. The molecule has 0 saturated heterocycles. The number of halogens is 2. The average Bonchev–Trinajstić information content (AvgIpc) is 3.24. The number of methoxy groups -OCH3 is 1. The lowest BCUT2D eigenvalue weighted by Crippen LogP contribution is -2.33. The summed E-state index contributed by atoms with van der Waals surface area (Å²) < 4.78 is 11.5. The number of nitrogens with zero attached hydrogens (tertiary/aromatic N) is 3. The number of rotatable bonds is 4. The molecule has 5 rings (SSSR count). The SMILES string of the molecule is COc1ccc(C2=NN3[C@@H](c4cccc([N+](=O)[O-])c4)Oc4c(Cl)cc(Cl)cc4[C@@H]3C2)cc1. The van der Waals surface area contributed by atoms with E-state index in [1.54, 1.807) is 25.3 Å². The highest BCUT2D eigenvalue weighted by atomic mass is 35.5. The summed E-state index contributed by atoms with van der Waals surface area (Å²) in [5, 5.41) is 18.9. The quantitative estimate of drug-likeness (QED) is 0.338. The van der Waals surface area contributed by atoms with E-state index in [1.165, 1.54) is 12.1 Å². The Balaban J connectivity index is 1.61. The van der Waals surface area contributed by atoms with E-state index in [2.05, 4.69) is 0 Å². The Hall–Kier alpha value is -3.29. The standard InChI is InChI=1S/C23H17Cl2N3O4/c1-31-17-7-5-13(6-8-17)20-12-21-18-10-15(24)11-19(25)22(18)32-23(27(21)26-20)14-3-2-4-16(9-14)28(29)30/h2-11,21,23H,12H2,1H3/t21-,23+/m0/s1. The van der Waals surface area contributed by atoms with E-state index >= 15 is 0 Å². The van der Waals surface area contributed by atoms with Gasteiger partial charge in [0.15, 0.2) is 0 Å². The first kappa shape index (κ1) is 20.6. The molecule has 0 N–H and O–H groups in total. The molecule has 2 heterocycles. The summed E-state index contributed by atoms with van der Waals surface area (Å²) in [6.07, 6.45) is -0.0769. The highest BCUT2D eigenvalue weighted by Gasteiger charge is 2.42. The van der Waals surface area contributed by atoms with E-state index in [4.69, 9.17) is 37.8 Å². The summed E-state index contributed by atoms with van der Waals surface area (Å²) >= 11 is 12.8. The Labute approximate surface area is 193 Å². The summed E-state index contributed by atoms with van der Waals surface area (Å²) in [6.45, 7) is 0. The largest absolute Gasteiger partial charge is 0.497 e. The number of ether oxygens (including phenoxy) is 2. The smallest absolute Gasteiger partial charge is 0.269 e. The zero-order valence-corrected chi connectivity index (χ0v) is 18.4. The summed E-state index contributed by atoms with van der Waals surface area (Å²) in [5.41, 5.74) is 3.24. The molecule has 0 unspecified atom stereocenters. The zero-order valence-electron chi connectivity index (χ0n) is 16.9. The number of nitro benzene ring substituents is 1. The van der Waals surface area contributed by atoms with Crippen molar-refractivity contribution in [3.05, 3.63) is 97.5 Å². The maximum Gasteiger partial charge on any atom is 0.269 e. The van der Waals surface area contributed by atoms with Crippen LogP contribution in [0.3, 0.4) is 0 Å². The van der Waals surface area contributed by atoms with E-state index < -0.39 is 11.2 Å². The number of hydrogen-bond donors (Lipinski definition) is 0. The first-order valence-electron chi connectivity index (χ1n) is 9.85. The van der Waals surface area contributed by atoms with Crippen LogP contribution in [0.1, 0.15) is 35.4 Å². The van der Waals surface area contributed by atoms with Gasteiger partial charge in [-0.15, -0.1) is 0 Å². The highest BCUT2D eigenvalue weighted by molar-refractivity contribution is 6.35. The molecule has 0 saturated carbocycles. The maximum atomic E-state index is 11.3. The van der Waals surface area contributed by atoms with Crippen LogP contribution in [0.25, 0.3) is 0 Å². The number of nitro groups is 1. The molecular weight excluding hydrogens is 453 g/mol. The van der Waals surface area contributed by atoms with Crippen molar-refractivity contribution in [3.8, 4) is 11.5 Å². The van der Waals surface area contributed by atoms with Gasteiger partial charge >= 0.3 is 0 Å². The number of hydrazone groups is 1. The number of benzene rings is 3. The molecule has 0 radical (unpaired) electrons. The Morgan fingerprint density at radius 2 is 1.94 bits per heavy atom. The van der Waals surface area contributed by atoms with Crippen molar-refractivity contribution in [1.82, 2.24) is 5.01 Å². The molecular formula is C23H17Cl2N3O4. The highest BCUT2D eigenvalue weighted by Crippen LogP contribution is 2.51. The predicted molar refractivity (Wildman–Crippen MR) is 122 cm³/mol. The van der Waals surface area contributed by atoms with Crippen molar-refractivity contribution in [2.45, 2.75) is 18.7 Å². The second-order valence-corrected chi connectivity index (χ2v) is 8.35. The third-order valence-electron chi connectivity index (χ3n) is 5.60. The Kier molecular flexibility index (Phi) is 5.15. The molecule has 2 atom stereocenters. The van der Waals surface area contributed by atoms with Crippen LogP contribution in [-0.2, 0) is 0 Å². The van der Waals surface area contributed by atoms with E-state index in [0.29, 0.717) is 27.8 Å². The van der Waals surface area contributed by atoms with Gasteiger partial charge in [0.25, 0.3) is 5.69 Å². The molecule has 0 aromatic heterocycles. The van der Waals surface area contributed by atoms with Crippen LogP contribution in [0.15, 0.2) is 65.8 Å². The Morgan fingerprint density at radius 1 is 1.16 bits per heavy atom. The lowest BCUT2D eigenvalue weighted by molar-refractivity contribution is -0.385. The monoisotopic (exact) mass is 469 g/mol. The van der Waals surface area contributed by atoms with Gasteiger partial charge in [-0.2, -0.15) is 5.10 Å². The van der Waals surface area contributed by atoms with Crippen LogP contribution < -0.4 is 9.47 Å². The van der Waals surface area contributed by atoms with E-state index in [9.17, 15) is 10.1 Å². The Bertz CT molecular complexity index is 1250. The number of non-ortho nitro benzene ring substituents is 1. The summed E-state index contributed by atoms with van der Waals surface area (Å²) in [7, 11) is 1.62. The van der Waals surface area contributed by atoms with Crippen LogP contribution in [0.2, 0.25) is 10.0 Å². The van der Waals surface area contributed by atoms with Crippen molar-refractivity contribution in [3.63, 3.8) is 0 Å². The molecule has 0 aliphatic carbocycles. The van der Waals surface area contributed by atoms with Gasteiger partial charge in [-0.05, 0) is 42.0 Å². The second-order valence-electron chi connectivity index (χ2n) is 7.50. The molecule has 162 valence electrons. The molecule has 32 heavy (non-hydrogen) atoms. The second kappa shape index (κ2) is 8.00.